The molecule has 0 aliphatic carbocycles. The van der Waals surface area contributed by atoms with Crippen LogP contribution < -0.4 is 10.9 Å². The van der Waals surface area contributed by atoms with Gasteiger partial charge in [-0.25, -0.2) is 9.37 Å². The van der Waals surface area contributed by atoms with Gasteiger partial charge in [0.25, 0.3) is 5.56 Å². The summed E-state index contributed by atoms with van der Waals surface area (Å²) in [5.41, 5.74) is 1.15. The van der Waals surface area contributed by atoms with E-state index in [4.69, 9.17) is 0 Å². The molecular formula is C15H14FN3OS. The first kappa shape index (κ1) is 13.9. The lowest BCUT2D eigenvalue weighted by Crippen LogP contribution is -2.22. The minimum Gasteiger partial charge on any atom is -0.308 e. The van der Waals surface area contributed by atoms with Gasteiger partial charge in [0.2, 0.25) is 0 Å². The van der Waals surface area contributed by atoms with Crippen molar-refractivity contribution >= 4 is 21.6 Å². The smallest absolute Gasteiger partial charge is 0.268 e. The van der Waals surface area contributed by atoms with Crippen molar-refractivity contribution in [2.45, 2.75) is 19.5 Å². The summed E-state index contributed by atoms with van der Waals surface area (Å²) >= 11 is 1.37. The lowest BCUT2D eigenvalue weighted by atomic mass is 10.1. The summed E-state index contributed by atoms with van der Waals surface area (Å²) in [5.74, 6) is 0.307. The highest BCUT2D eigenvalue weighted by molar-refractivity contribution is 7.17. The maximum Gasteiger partial charge on any atom is 0.268 e. The molecular weight excluding hydrogens is 289 g/mol. The second kappa shape index (κ2) is 5.75. The van der Waals surface area contributed by atoms with Gasteiger partial charge >= 0.3 is 0 Å². The van der Waals surface area contributed by atoms with E-state index < -0.39 is 0 Å². The molecule has 0 saturated carbocycles. The minimum atomic E-state index is -0.243. The molecule has 0 aliphatic heterocycles. The van der Waals surface area contributed by atoms with Gasteiger partial charge in [-0.3, -0.25) is 4.79 Å². The summed E-state index contributed by atoms with van der Waals surface area (Å²) < 4.78 is 14.3. The number of aromatic nitrogens is 2. The van der Waals surface area contributed by atoms with Gasteiger partial charge < -0.3 is 10.3 Å². The molecule has 0 fully saturated rings. The van der Waals surface area contributed by atoms with E-state index in [1.54, 1.807) is 18.2 Å². The Balaban J connectivity index is 1.77. The van der Waals surface area contributed by atoms with Crippen LogP contribution in [0.5, 0.6) is 0 Å². The first-order valence-electron chi connectivity index (χ1n) is 6.59. The molecule has 1 unspecified atom stereocenters. The molecule has 1 atom stereocenters. The zero-order valence-electron chi connectivity index (χ0n) is 11.4. The molecule has 2 N–H and O–H groups in total. The normalized spacial score (nSPS) is 12.7. The second-order valence-corrected chi connectivity index (χ2v) is 5.69. The monoisotopic (exact) mass is 303 g/mol. The van der Waals surface area contributed by atoms with Gasteiger partial charge in [0.05, 0.1) is 12.1 Å². The molecule has 0 amide bonds. The maximum atomic E-state index is 13.7. The van der Waals surface area contributed by atoms with Gasteiger partial charge in [0.15, 0.2) is 0 Å². The van der Waals surface area contributed by atoms with Crippen molar-refractivity contribution < 1.29 is 4.39 Å². The zero-order valence-corrected chi connectivity index (χ0v) is 12.2. The molecule has 4 nitrogen and oxygen atoms in total. The van der Waals surface area contributed by atoms with E-state index in [1.807, 2.05) is 18.4 Å². The van der Waals surface area contributed by atoms with Gasteiger partial charge in [-0.15, -0.1) is 11.3 Å². The number of nitrogens with zero attached hydrogens (tertiary/aromatic N) is 1. The number of benzene rings is 1. The Morgan fingerprint density at radius 2 is 2.19 bits per heavy atom. The fourth-order valence-electron chi connectivity index (χ4n) is 2.19. The molecule has 108 valence electrons. The van der Waals surface area contributed by atoms with Crippen LogP contribution in [0.4, 0.5) is 4.39 Å². The molecule has 0 spiro atoms. The topological polar surface area (TPSA) is 57.8 Å². The average molecular weight is 303 g/mol. The third-order valence-corrected chi connectivity index (χ3v) is 4.21. The van der Waals surface area contributed by atoms with Crippen LogP contribution in [0.3, 0.4) is 0 Å². The first-order valence-corrected chi connectivity index (χ1v) is 7.47. The van der Waals surface area contributed by atoms with Crippen molar-refractivity contribution in [1.29, 1.82) is 0 Å². The molecule has 21 heavy (non-hydrogen) atoms. The highest BCUT2D eigenvalue weighted by Gasteiger charge is 2.11. The van der Waals surface area contributed by atoms with Crippen LogP contribution in [-0.2, 0) is 6.54 Å². The molecule has 0 radical (unpaired) electrons. The van der Waals surface area contributed by atoms with Crippen LogP contribution in [0.25, 0.3) is 10.2 Å². The van der Waals surface area contributed by atoms with Crippen molar-refractivity contribution in [3.63, 3.8) is 0 Å². The summed E-state index contributed by atoms with van der Waals surface area (Å²) in [6.45, 7) is 2.25. The predicted molar refractivity (Wildman–Crippen MR) is 81.9 cm³/mol. The number of thiophene rings is 1. The van der Waals surface area contributed by atoms with Crippen molar-refractivity contribution in [2.75, 3.05) is 0 Å². The summed E-state index contributed by atoms with van der Waals surface area (Å²) in [7, 11) is 0. The van der Waals surface area contributed by atoms with Crippen LogP contribution in [0.15, 0.2) is 40.5 Å². The van der Waals surface area contributed by atoms with E-state index in [0.29, 0.717) is 28.1 Å². The maximum absolute atomic E-state index is 13.7. The summed E-state index contributed by atoms with van der Waals surface area (Å²) in [4.78, 5) is 19.0. The number of halogens is 1. The zero-order chi connectivity index (χ0) is 14.8. The first-order chi connectivity index (χ1) is 10.1. The lowest BCUT2D eigenvalue weighted by Gasteiger charge is -2.14. The Hall–Kier alpha value is -2.05. The van der Waals surface area contributed by atoms with Crippen LogP contribution in [0.2, 0.25) is 0 Å². The molecule has 2 heterocycles. The van der Waals surface area contributed by atoms with Gasteiger partial charge in [-0.1, -0.05) is 18.2 Å². The quantitative estimate of drug-likeness (QED) is 0.779. The summed E-state index contributed by atoms with van der Waals surface area (Å²) in [6, 6.07) is 8.29. The number of hydrogen-bond acceptors (Lipinski definition) is 4. The highest BCUT2D eigenvalue weighted by atomic mass is 32.1. The van der Waals surface area contributed by atoms with E-state index in [2.05, 4.69) is 15.3 Å². The molecule has 1 aromatic carbocycles. The Bertz CT molecular complexity index is 827. The fraction of sp³-hybridized carbons (Fsp3) is 0.200. The average Bonchev–Trinajstić information content (AvgIpc) is 2.94. The SMILES string of the molecule is CC(NCc1nc2ccsc2c(=O)[nH]1)c1ccccc1F. The van der Waals surface area contributed by atoms with Crippen molar-refractivity contribution in [2.24, 2.45) is 0 Å². The van der Waals surface area contributed by atoms with Crippen LogP contribution in [0.1, 0.15) is 24.4 Å². The Labute approximate surface area is 124 Å². The molecule has 3 rings (SSSR count). The standard InChI is InChI=1S/C15H14FN3OS/c1-9(10-4-2-3-5-11(10)16)17-8-13-18-12-6-7-21-14(12)15(20)19-13/h2-7,9,17H,8H2,1H3,(H,18,19,20). The van der Waals surface area contributed by atoms with E-state index in [0.717, 1.165) is 0 Å². The third kappa shape index (κ3) is 2.86. The van der Waals surface area contributed by atoms with E-state index in [1.165, 1.54) is 17.4 Å². The Morgan fingerprint density at radius 3 is 3.00 bits per heavy atom. The number of hydrogen-bond donors (Lipinski definition) is 2. The number of aromatic amines is 1. The molecule has 0 aliphatic rings. The second-order valence-electron chi connectivity index (χ2n) is 4.77. The Morgan fingerprint density at radius 1 is 1.38 bits per heavy atom. The number of fused-ring (bicyclic) bond motifs is 1. The fourth-order valence-corrected chi connectivity index (χ4v) is 2.92. The van der Waals surface area contributed by atoms with Crippen LogP contribution >= 0.6 is 11.3 Å². The van der Waals surface area contributed by atoms with Crippen LogP contribution in [0, 0.1) is 5.82 Å². The van der Waals surface area contributed by atoms with E-state index in [-0.39, 0.29) is 17.4 Å². The Kier molecular flexibility index (Phi) is 3.81. The molecule has 0 saturated heterocycles. The third-order valence-electron chi connectivity index (χ3n) is 3.31. The van der Waals surface area contributed by atoms with Crippen molar-refractivity contribution in [3.05, 3.63) is 63.3 Å². The highest BCUT2D eigenvalue weighted by Crippen LogP contribution is 2.17. The molecule has 0 bridgehead atoms. The van der Waals surface area contributed by atoms with E-state index >= 15 is 0 Å². The minimum absolute atomic E-state index is 0.134. The molecule has 3 aromatic rings. The van der Waals surface area contributed by atoms with Crippen LogP contribution in [-0.4, -0.2) is 9.97 Å². The molecule has 2 aromatic heterocycles. The van der Waals surface area contributed by atoms with Gasteiger partial charge in [0, 0.05) is 11.6 Å². The van der Waals surface area contributed by atoms with Crippen molar-refractivity contribution in [1.82, 2.24) is 15.3 Å². The van der Waals surface area contributed by atoms with Gasteiger partial charge in [-0.05, 0) is 24.4 Å². The summed E-state index contributed by atoms with van der Waals surface area (Å²) in [6.07, 6.45) is 0. The largest absolute Gasteiger partial charge is 0.308 e. The molecule has 6 heteroatoms. The summed E-state index contributed by atoms with van der Waals surface area (Å²) in [5, 5.41) is 5.01. The number of nitrogens with one attached hydrogen (secondary N) is 2. The number of rotatable bonds is 4. The van der Waals surface area contributed by atoms with Crippen molar-refractivity contribution in [3.8, 4) is 0 Å². The lowest BCUT2D eigenvalue weighted by molar-refractivity contribution is 0.520. The number of H-pyrrole nitrogens is 1. The van der Waals surface area contributed by atoms with Gasteiger partial charge in [-0.2, -0.15) is 0 Å². The van der Waals surface area contributed by atoms with E-state index in [9.17, 15) is 9.18 Å². The predicted octanol–water partition coefficient (Wildman–Crippen LogP) is 2.97. The van der Waals surface area contributed by atoms with Gasteiger partial charge in [0.1, 0.15) is 16.3 Å².